The summed E-state index contributed by atoms with van der Waals surface area (Å²) in [5.41, 5.74) is 0.135. The van der Waals surface area contributed by atoms with E-state index in [0.29, 0.717) is 12.0 Å². The molecule has 0 amide bonds. The van der Waals surface area contributed by atoms with Crippen molar-refractivity contribution >= 4 is 11.8 Å². The lowest BCUT2D eigenvalue weighted by atomic mass is 10.0. The normalized spacial score (nSPS) is 11.2. The van der Waals surface area contributed by atoms with Gasteiger partial charge in [-0.1, -0.05) is 70.4 Å². The van der Waals surface area contributed by atoms with E-state index in [2.05, 4.69) is 19.1 Å². The van der Waals surface area contributed by atoms with E-state index < -0.39 is 5.97 Å². The van der Waals surface area contributed by atoms with Crippen LogP contribution < -0.4 is 0 Å². The molecule has 4 nitrogen and oxygen atoms in total. The summed E-state index contributed by atoms with van der Waals surface area (Å²) in [6, 6.07) is 4.02. The van der Waals surface area contributed by atoms with E-state index in [9.17, 15) is 14.7 Å². The van der Waals surface area contributed by atoms with Crippen molar-refractivity contribution < 1.29 is 19.8 Å². The Kier molecular flexibility index (Phi) is 13.6. The summed E-state index contributed by atoms with van der Waals surface area (Å²) < 4.78 is 0. The van der Waals surface area contributed by atoms with Gasteiger partial charge in [0.15, 0.2) is 5.78 Å². The number of hydrogen-bond acceptors (Lipinski definition) is 3. The largest absolute Gasteiger partial charge is 0.507 e. The molecule has 0 spiro atoms. The quantitative estimate of drug-likeness (QED) is 0.163. The molecule has 1 rings (SSSR count). The SMILES string of the molecule is CCCCCCCCC=CCCCCCCCC(=O)c1ccc(O)c(C(=O)O)c1. The van der Waals surface area contributed by atoms with Crippen molar-refractivity contribution in [3.8, 4) is 5.75 Å². The fourth-order valence-electron chi connectivity index (χ4n) is 3.38. The number of carbonyl (C=O) groups excluding carboxylic acids is 1. The Balaban J connectivity index is 2.03. The van der Waals surface area contributed by atoms with Crippen LogP contribution in [0, 0.1) is 0 Å². The van der Waals surface area contributed by atoms with E-state index in [1.807, 2.05) is 0 Å². The minimum atomic E-state index is -1.22. The summed E-state index contributed by atoms with van der Waals surface area (Å²) in [4.78, 5) is 23.2. The lowest BCUT2D eigenvalue weighted by Crippen LogP contribution is -2.03. The van der Waals surface area contributed by atoms with Crippen LogP contribution in [0.3, 0.4) is 0 Å². The molecule has 0 radical (unpaired) electrons. The average molecular weight is 403 g/mol. The topological polar surface area (TPSA) is 74.6 Å². The van der Waals surface area contributed by atoms with Crippen molar-refractivity contribution in [1.29, 1.82) is 0 Å². The number of aromatic hydroxyl groups is 1. The zero-order valence-corrected chi connectivity index (χ0v) is 18.0. The van der Waals surface area contributed by atoms with Crippen LogP contribution in [0.4, 0.5) is 0 Å². The molecule has 0 aliphatic carbocycles. The third-order valence-electron chi connectivity index (χ3n) is 5.21. The van der Waals surface area contributed by atoms with E-state index in [4.69, 9.17) is 5.11 Å². The molecule has 0 saturated heterocycles. The number of rotatable bonds is 17. The minimum Gasteiger partial charge on any atom is -0.507 e. The first-order chi connectivity index (χ1) is 14.1. The number of phenols is 1. The lowest BCUT2D eigenvalue weighted by molar-refractivity contribution is 0.0693. The van der Waals surface area contributed by atoms with Gasteiger partial charge in [-0.05, 0) is 50.3 Å². The van der Waals surface area contributed by atoms with Gasteiger partial charge in [0.1, 0.15) is 11.3 Å². The molecule has 0 unspecified atom stereocenters. The number of Topliss-reactive ketones (excluding diaryl/α,β-unsaturated/α-hetero) is 1. The van der Waals surface area contributed by atoms with Gasteiger partial charge >= 0.3 is 5.97 Å². The van der Waals surface area contributed by atoms with Crippen molar-refractivity contribution in [2.75, 3.05) is 0 Å². The fraction of sp³-hybridized carbons (Fsp3) is 0.600. The van der Waals surface area contributed by atoms with Gasteiger partial charge in [0.2, 0.25) is 0 Å². The van der Waals surface area contributed by atoms with E-state index in [-0.39, 0.29) is 17.1 Å². The lowest BCUT2D eigenvalue weighted by Gasteiger charge is -2.04. The second kappa shape index (κ2) is 15.8. The van der Waals surface area contributed by atoms with E-state index in [1.54, 1.807) is 0 Å². The Morgan fingerprint density at radius 2 is 1.38 bits per heavy atom. The van der Waals surface area contributed by atoms with Gasteiger partial charge in [-0.25, -0.2) is 4.79 Å². The molecule has 0 heterocycles. The molecule has 2 N–H and O–H groups in total. The van der Waals surface area contributed by atoms with Crippen LogP contribution >= 0.6 is 0 Å². The monoisotopic (exact) mass is 402 g/mol. The molecule has 1 aromatic carbocycles. The van der Waals surface area contributed by atoms with Crippen LogP contribution in [0.15, 0.2) is 30.4 Å². The molecule has 4 heteroatoms. The van der Waals surface area contributed by atoms with Crippen molar-refractivity contribution in [3.63, 3.8) is 0 Å². The van der Waals surface area contributed by atoms with Gasteiger partial charge in [0, 0.05) is 12.0 Å². The Hall–Kier alpha value is -2.10. The number of carboxylic acids is 1. The summed E-state index contributed by atoms with van der Waals surface area (Å²) in [5.74, 6) is -1.60. The summed E-state index contributed by atoms with van der Waals surface area (Å²) in [5, 5.41) is 18.5. The summed E-state index contributed by atoms with van der Waals surface area (Å²) >= 11 is 0. The Morgan fingerprint density at radius 3 is 1.97 bits per heavy atom. The Labute approximate surface area is 176 Å². The second-order valence-electron chi connectivity index (χ2n) is 7.79. The number of hydrogen-bond donors (Lipinski definition) is 2. The van der Waals surface area contributed by atoms with Crippen molar-refractivity contribution in [2.24, 2.45) is 0 Å². The number of ketones is 1. The van der Waals surface area contributed by atoms with Crippen LogP contribution in [-0.4, -0.2) is 22.0 Å². The van der Waals surface area contributed by atoms with Crippen LogP contribution in [0.1, 0.15) is 118 Å². The number of carboxylic acid groups (broad SMARTS) is 1. The molecule has 0 atom stereocenters. The summed E-state index contributed by atoms with van der Waals surface area (Å²) in [7, 11) is 0. The first-order valence-electron chi connectivity index (χ1n) is 11.3. The maximum Gasteiger partial charge on any atom is 0.339 e. The summed E-state index contributed by atoms with van der Waals surface area (Å²) in [6.07, 6.45) is 20.8. The van der Waals surface area contributed by atoms with Gasteiger partial charge in [-0.2, -0.15) is 0 Å². The van der Waals surface area contributed by atoms with E-state index in [0.717, 1.165) is 25.7 Å². The van der Waals surface area contributed by atoms with Crippen molar-refractivity contribution in [3.05, 3.63) is 41.5 Å². The van der Waals surface area contributed by atoms with Gasteiger partial charge in [0.05, 0.1) is 0 Å². The predicted octanol–water partition coefficient (Wildman–Crippen LogP) is 7.31. The van der Waals surface area contributed by atoms with Gasteiger partial charge in [-0.15, -0.1) is 0 Å². The molecule has 0 saturated carbocycles. The smallest absolute Gasteiger partial charge is 0.339 e. The first kappa shape index (κ1) is 24.9. The van der Waals surface area contributed by atoms with Crippen molar-refractivity contribution in [2.45, 2.75) is 96.8 Å². The maximum atomic E-state index is 12.2. The van der Waals surface area contributed by atoms with Gasteiger partial charge in [-0.3, -0.25) is 4.79 Å². The highest BCUT2D eigenvalue weighted by molar-refractivity contribution is 5.99. The molecular formula is C25H38O4. The minimum absolute atomic E-state index is 0.0647. The molecule has 0 bridgehead atoms. The molecule has 0 aliphatic heterocycles. The number of carbonyl (C=O) groups is 2. The Bertz CT molecular complexity index is 634. The fourth-order valence-corrected chi connectivity index (χ4v) is 3.38. The highest BCUT2D eigenvalue weighted by atomic mass is 16.4. The van der Waals surface area contributed by atoms with Gasteiger partial charge in [0.25, 0.3) is 0 Å². The molecule has 29 heavy (non-hydrogen) atoms. The van der Waals surface area contributed by atoms with Crippen molar-refractivity contribution in [1.82, 2.24) is 0 Å². The van der Waals surface area contributed by atoms with Crippen LogP contribution in [-0.2, 0) is 0 Å². The number of aromatic carboxylic acids is 1. The standard InChI is InChI=1S/C25H38O4/c1-2-3-4-5-6-7-8-9-10-11-12-13-14-15-16-17-23(26)21-18-19-24(27)22(20-21)25(28)29/h9-10,18-20,27H,2-8,11-17H2,1H3,(H,28,29). The highest BCUT2D eigenvalue weighted by Crippen LogP contribution is 2.20. The third-order valence-corrected chi connectivity index (χ3v) is 5.21. The maximum absolute atomic E-state index is 12.2. The summed E-state index contributed by atoms with van der Waals surface area (Å²) in [6.45, 7) is 2.25. The predicted molar refractivity (Wildman–Crippen MR) is 119 cm³/mol. The zero-order valence-electron chi connectivity index (χ0n) is 18.0. The molecular weight excluding hydrogens is 364 g/mol. The second-order valence-corrected chi connectivity index (χ2v) is 7.79. The number of allylic oxidation sites excluding steroid dienone is 2. The highest BCUT2D eigenvalue weighted by Gasteiger charge is 2.13. The van der Waals surface area contributed by atoms with Crippen LogP contribution in [0.25, 0.3) is 0 Å². The van der Waals surface area contributed by atoms with Crippen LogP contribution in [0.5, 0.6) is 5.75 Å². The Morgan fingerprint density at radius 1 is 0.828 bits per heavy atom. The van der Waals surface area contributed by atoms with E-state index in [1.165, 1.54) is 76.0 Å². The van der Waals surface area contributed by atoms with Crippen LogP contribution in [0.2, 0.25) is 0 Å². The molecule has 0 fully saturated rings. The van der Waals surface area contributed by atoms with E-state index >= 15 is 0 Å². The number of unbranched alkanes of at least 4 members (excludes halogenated alkanes) is 11. The molecule has 162 valence electrons. The average Bonchev–Trinajstić information content (AvgIpc) is 2.70. The third kappa shape index (κ3) is 11.5. The van der Waals surface area contributed by atoms with Gasteiger partial charge < -0.3 is 10.2 Å². The molecule has 0 aliphatic rings. The zero-order chi connectivity index (χ0) is 21.3. The first-order valence-corrected chi connectivity index (χ1v) is 11.3. The molecule has 0 aromatic heterocycles. The molecule has 1 aromatic rings. The number of benzene rings is 1.